The van der Waals surface area contributed by atoms with Gasteiger partial charge < -0.3 is 15.0 Å². The molecule has 3 aromatic carbocycles. The number of nitrogens with zero attached hydrogens (tertiary/aromatic N) is 4. The quantitative estimate of drug-likeness (QED) is 0.402. The number of para-hydroxylation sites is 1. The molecule has 6 nitrogen and oxygen atoms in total. The first kappa shape index (κ1) is 23.1. The maximum atomic E-state index is 15.0. The number of ether oxygens (including phenoxy) is 1. The van der Waals surface area contributed by atoms with E-state index < -0.39 is 11.6 Å². The van der Waals surface area contributed by atoms with Crippen LogP contribution in [0.5, 0.6) is 0 Å². The van der Waals surface area contributed by atoms with Crippen LogP contribution in [-0.4, -0.2) is 61.3 Å². The minimum Gasteiger partial charge on any atom is -0.383 e. The molecule has 0 aliphatic carbocycles. The van der Waals surface area contributed by atoms with Crippen LogP contribution in [0.15, 0.2) is 66.9 Å². The number of aromatic nitrogens is 2. The molecule has 2 heterocycles. The third-order valence-corrected chi connectivity index (χ3v) is 6.31. The second kappa shape index (κ2) is 10.3. The van der Waals surface area contributed by atoms with Crippen molar-refractivity contribution in [2.75, 3.05) is 56.7 Å². The lowest BCUT2D eigenvalue weighted by Gasteiger charge is -2.36. The molecule has 1 aliphatic rings. The minimum atomic E-state index is -0.679. The number of hydrogen-bond donors (Lipinski definition) is 1. The van der Waals surface area contributed by atoms with Gasteiger partial charge in [-0.15, -0.1) is 0 Å². The van der Waals surface area contributed by atoms with Crippen molar-refractivity contribution in [2.24, 2.45) is 0 Å². The first-order valence-corrected chi connectivity index (χ1v) is 11.7. The van der Waals surface area contributed by atoms with Crippen molar-refractivity contribution < 1.29 is 13.5 Å². The Morgan fingerprint density at radius 1 is 0.943 bits per heavy atom. The van der Waals surface area contributed by atoms with Crippen molar-refractivity contribution in [3.05, 3.63) is 78.5 Å². The summed E-state index contributed by atoms with van der Waals surface area (Å²) in [5.74, 6) is -1.22. The van der Waals surface area contributed by atoms with Gasteiger partial charge in [0.15, 0.2) is 11.6 Å². The Labute approximate surface area is 203 Å². The highest BCUT2D eigenvalue weighted by atomic mass is 19.1. The van der Waals surface area contributed by atoms with E-state index in [1.165, 1.54) is 12.1 Å². The molecule has 1 N–H and O–H groups in total. The fourth-order valence-corrected chi connectivity index (χ4v) is 4.39. The van der Waals surface area contributed by atoms with Crippen LogP contribution in [0.4, 0.5) is 26.1 Å². The SMILES string of the molecule is COCCN1CCN(c2cc(F)c(Nc3ncc4cccc(-c5ccccc5)c4n3)c(F)c2)CC1. The van der Waals surface area contributed by atoms with Crippen molar-refractivity contribution in [1.29, 1.82) is 0 Å². The molecule has 1 fully saturated rings. The molecule has 180 valence electrons. The molecule has 1 aromatic heterocycles. The number of piperazine rings is 1. The van der Waals surface area contributed by atoms with Crippen LogP contribution in [0.1, 0.15) is 0 Å². The summed E-state index contributed by atoms with van der Waals surface area (Å²) in [5, 5.41) is 3.60. The molecular formula is C27H27F2N5O. The highest BCUT2D eigenvalue weighted by Gasteiger charge is 2.20. The summed E-state index contributed by atoms with van der Waals surface area (Å²) in [7, 11) is 1.68. The van der Waals surface area contributed by atoms with Gasteiger partial charge in [-0.3, -0.25) is 4.90 Å². The molecule has 5 rings (SSSR count). The van der Waals surface area contributed by atoms with E-state index in [-0.39, 0.29) is 11.6 Å². The smallest absolute Gasteiger partial charge is 0.227 e. The van der Waals surface area contributed by atoms with Gasteiger partial charge in [-0.2, -0.15) is 0 Å². The molecule has 8 heteroatoms. The van der Waals surface area contributed by atoms with Crippen molar-refractivity contribution in [3.8, 4) is 11.1 Å². The number of halogens is 2. The Morgan fingerprint density at radius 3 is 2.40 bits per heavy atom. The minimum absolute atomic E-state index is 0.137. The van der Waals surface area contributed by atoms with E-state index in [4.69, 9.17) is 4.74 Å². The van der Waals surface area contributed by atoms with E-state index in [1.54, 1.807) is 13.3 Å². The third kappa shape index (κ3) is 5.08. The fraction of sp³-hybridized carbons (Fsp3) is 0.259. The van der Waals surface area contributed by atoms with Crippen molar-refractivity contribution in [2.45, 2.75) is 0 Å². The summed E-state index contributed by atoms with van der Waals surface area (Å²) >= 11 is 0. The predicted octanol–water partition coefficient (Wildman–Crippen LogP) is 5.09. The van der Waals surface area contributed by atoms with E-state index in [0.29, 0.717) is 30.9 Å². The first-order valence-electron chi connectivity index (χ1n) is 11.7. The summed E-state index contributed by atoms with van der Waals surface area (Å²) in [6, 6.07) is 18.4. The lowest BCUT2D eigenvalue weighted by Crippen LogP contribution is -2.47. The Kier molecular flexibility index (Phi) is 6.83. The lowest BCUT2D eigenvalue weighted by atomic mass is 10.0. The standard InChI is InChI=1S/C27H27F2N5O/c1-35-15-14-33-10-12-34(13-11-33)21-16-23(28)26(24(29)17-21)32-27-30-18-20-8-5-9-22(25(20)31-27)19-6-3-2-4-7-19/h2-9,16-18H,10-15H2,1H3,(H,30,31,32). The summed E-state index contributed by atoms with van der Waals surface area (Å²) in [4.78, 5) is 13.2. The molecular weight excluding hydrogens is 448 g/mol. The third-order valence-electron chi connectivity index (χ3n) is 6.31. The largest absolute Gasteiger partial charge is 0.383 e. The van der Waals surface area contributed by atoms with Gasteiger partial charge in [0, 0.05) is 62.7 Å². The number of anilines is 3. The molecule has 35 heavy (non-hydrogen) atoms. The molecule has 1 saturated heterocycles. The number of benzene rings is 3. The van der Waals surface area contributed by atoms with Gasteiger partial charge in [0.2, 0.25) is 5.95 Å². The summed E-state index contributed by atoms with van der Waals surface area (Å²) < 4.78 is 35.2. The molecule has 0 unspecified atom stereocenters. The highest BCUT2D eigenvalue weighted by Crippen LogP contribution is 2.31. The van der Waals surface area contributed by atoms with Crippen molar-refractivity contribution in [1.82, 2.24) is 14.9 Å². The van der Waals surface area contributed by atoms with Gasteiger partial charge in [-0.05, 0) is 17.7 Å². The normalized spacial score (nSPS) is 14.4. The molecule has 0 bridgehead atoms. The van der Waals surface area contributed by atoms with Crippen LogP contribution in [0.25, 0.3) is 22.0 Å². The van der Waals surface area contributed by atoms with Gasteiger partial charge in [-0.25, -0.2) is 18.7 Å². The molecule has 4 aromatic rings. The molecule has 0 radical (unpaired) electrons. The van der Waals surface area contributed by atoms with Gasteiger partial charge in [0.1, 0.15) is 5.69 Å². The van der Waals surface area contributed by atoms with Crippen LogP contribution in [0.3, 0.4) is 0 Å². The van der Waals surface area contributed by atoms with E-state index in [2.05, 4.69) is 20.2 Å². The van der Waals surface area contributed by atoms with Crippen LogP contribution < -0.4 is 10.2 Å². The van der Waals surface area contributed by atoms with Crippen LogP contribution in [0, 0.1) is 11.6 Å². The zero-order valence-corrected chi connectivity index (χ0v) is 19.5. The highest BCUT2D eigenvalue weighted by molar-refractivity contribution is 5.93. The average Bonchev–Trinajstić information content (AvgIpc) is 2.90. The van der Waals surface area contributed by atoms with Gasteiger partial charge in [0.05, 0.1) is 12.1 Å². The van der Waals surface area contributed by atoms with E-state index in [0.717, 1.165) is 36.1 Å². The van der Waals surface area contributed by atoms with Gasteiger partial charge >= 0.3 is 0 Å². The maximum absolute atomic E-state index is 15.0. The second-order valence-electron chi connectivity index (χ2n) is 8.53. The first-order chi connectivity index (χ1) is 17.1. The van der Waals surface area contributed by atoms with Crippen LogP contribution in [0.2, 0.25) is 0 Å². The Balaban J connectivity index is 1.37. The number of rotatable bonds is 7. The number of nitrogens with one attached hydrogen (secondary N) is 1. The molecule has 0 amide bonds. The molecule has 0 atom stereocenters. The van der Waals surface area contributed by atoms with Gasteiger partial charge in [-0.1, -0.05) is 48.5 Å². The summed E-state index contributed by atoms with van der Waals surface area (Å²) in [6.45, 7) is 4.57. The van der Waals surface area contributed by atoms with Gasteiger partial charge in [0.25, 0.3) is 0 Å². The van der Waals surface area contributed by atoms with Crippen LogP contribution >= 0.6 is 0 Å². The average molecular weight is 476 g/mol. The number of methoxy groups -OCH3 is 1. The van der Waals surface area contributed by atoms with Crippen LogP contribution in [-0.2, 0) is 4.74 Å². The second-order valence-corrected chi connectivity index (χ2v) is 8.53. The lowest BCUT2D eigenvalue weighted by molar-refractivity contribution is 0.144. The van der Waals surface area contributed by atoms with E-state index in [9.17, 15) is 0 Å². The number of hydrogen-bond acceptors (Lipinski definition) is 6. The summed E-state index contributed by atoms with van der Waals surface area (Å²) in [5.41, 5.74) is 2.91. The zero-order chi connectivity index (χ0) is 24.2. The van der Waals surface area contributed by atoms with E-state index >= 15 is 8.78 Å². The zero-order valence-electron chi connectivity index (χ0n) is 19.5. The molecule has 0 saturated carbocycles. The predicted molar refractivity (Wildman–Crippen MR) is 135 cm³/mol. The Hall–Kier alpha value is -3.62. The Morgan fingerprint density at radius 2 is 1.69 bits per heavy atom. The topological polar surface area (TPSA) is 53.5 Å². The molecule has 0 spiro atoms. The number of fused-ring (bicyclic) bond motifs is 1. The fourth-order valence-electron chi connectivity index (χ4n) is 4.39. The maximum Gasteiger partial charge on any atom is 0.227 e. The summed E-state index contributed by atoms with van der Waals surface area (Å²) in [6.07, 6.45) is 1.66. The monoisotopic (exact) mass is 475 g/mol. The Bertz CT molecular complexity index is 1290. The van der Waals surface area contributed by atoms with Crippen molar-refractivity contribution in [3.63, 3.8) is 0 Å². The molecule has 1 aliphatic heterocycles. The van der Waals surface area contributed by atoms with Crippen molar-refractivity contribution >= 4 is 28.2 Å². The van der Waals surface area contributed by atoms with E-state index in [1.807, 2.05) is 53.4 Å².